The van der Waals surface area contributed by atoms with Crippen molar-refractivity contribution in [3.63, 3.8) is 0 Å². The van der Waals surface area contributed by atoms with Gasteiger partial charge in [-0.15, -0.1) is 0 Å². The van der Waals surface area contributed by atoms with Gasteiger partial charge < -0.3 is 10.1 Å². The zero-order chi connectivity index (χ0) is 8.60. The van der Waals surface area contributed by atoms with Gasteiger partial charge in [-0.1, -0.05) is 6.92 Å². The molecule has 1 saturated heterocycles. The number of nitrogens with one attached hydrogen (secondary N) is 1. The van der Waals surface area contributed by atoms with E-state index in [0.717, 1.165) is 25.3 Å². The highest BCUT2D eigenvalue weighted by Crippen LogP contribution is 2.36. The molecule has 1 aliphatic heterocycles. The Morgan fingerprint density at radius 1 is 1.58 bits per heavy atom. The number of rotatable bonds is 0. The van der Waals surface area contributed by atoms with Crippen LogP contribution < -0.4 is 5.32 Å². The lowest BCUT2D eigenvalue weighted by atomic mass is 9.80. The van der Waals surface area contributed by atoms with Crippen molar-refractivity contribution in [2.75, 3.05) is 6.54 Å². The van der Waals surface area contributed by atoms with Crippen molar-refractivity contribution >= 4 is 6.09 Å². The first-order valence-corrected chi connectivity index (χ1v) is 4.67. The van der Waals surface area contributed by atoms with Gasteiger partial charge in [0.1, 0.15) is 5.60 Å². The fraction of sp³-hybridized carbons (Fsp3) is 0.889. The molecular weight excluding hydrogens is 154 g/mol. The maximum atomic E-state index is 10.9. The number of carbonyl (C=O) groups excluding carboxylic acids is 1. The molecule has 0 unspecified atom stereocenters. The number of alkyl carbamates (subject to hydrolysis) is 1. The Hall–Kier alpha value is -0.730. The van der Waals surface area contributed by atoms with Gasteiger partial charge in [0.25, 0.3) is 0 Å². The summed E-state index contributed by atoms with van der Waals surface area (Å²) in [5.41, 5.74) is -0.135. The van der Waals surface area contributed by atoms with E-state index < -0.39 is 0 Å². The molecule has 3 nitrogen and oxygen atoms in total. The van der Waals surface area contributed by atoms with Crippen LogP contribution in [0, 0.1) is 5.92 Å². The Balaban J connectivity index is 0.000000845. The summed E-state index contributed by atoms with van der Waals surface area (Å²) in [7, 11) is 0. The molecule has 2 rings (SSSR count). The van der Waals surface area contributed by atoms with E-state index in [9.17, 15) is 4.79 Å². The van der Waals surface area contributed by atoms with Gasteiger partial charge in [-0.25, -0.2) is 4.79 Å². The van der Waals surface area contributed by atoms with Crippen LogP contribution in [0.5, 0.6) is 0 Å². The fourth-order valence-corrected chi connectivity index (χ4v) is 2.07. The second-order valence-corrected chi connectivity index (χ2v) is 4.11. The van der Waals surface area contributed by atoms with Crippen LogP contribution in [0.4, 0.5) is 4.79 Å². The van der Waals surface area contributed by atoms with Gasteiger partial charge in [0.2, 0.25) is 0 Å². The first-order valence-electron chi connectivity index (χ1n) is 4.67. The lowest BCUT2D eigenvalue weighted by Crippen LogP contribution is -2.37. The Morgan fingerprint density at radius 2 is 2.25 bits per heavy atom. The molecule has 0 bridgehead atoms. The van der Waals surface area contributed by atoms with Gasteiger partial charge >= 0.3 is 6.09 Å². The van der Waals surface area contributed by atoms with Gasteiger partial charge in [0, 0.05) is 1.43 Å². The summed E-state index contributed by atoms with van der Waals surface area (Å²) in [5.74, 6) is 0.801. The molecule has 0 aromatic heterocycles. The Morgan fingerprint density at radius 3 is 2.75 bits per heavy atom. The second-order valence-electron chi connectivity index (χ2n) is 4.11. The lowest BCUT2D eigenvalue weighted by molar-refractivity contribution is 0.0154. The van der Waals surface area contributed by atoms with Crippen molar-refractivity contribution in [1.29, 1.82) is 0 Å². The lowest BCUT2D eigenvalue weighted by Gasteiger charge is -2.33. The summed E-state index contributed by atoms with van der Waals surface area (Å²) < 4.78 is 5.29. The van der Waals surface area contributed by atoms with Gasteiger partial charge in [-0.3, -0.25) is 0 Å². The van der Waals surface area contributed by atoms with E-state index >= 15 is 0 Å². The molecule has 1 aliphatic carbocycles. The topological polar surface area (TPSA) is 38.3 Å². The SMILES string of the molecule is CC1CCC2(CC1)CNC(=O)O2.[HH]. The predicted molar refractivity (Wildman–Crippen MR) is 47.0 cm³/mol. The van der Waals surface area contributed by atoms with Crippen LogP contribution in [0.15, 0.2) is 0 Å². The smallest absolute Gasteiger partial charge is 0.407 e. The standard InChI is InChI=1S/C9H15NO2.H2/c1-7-2-4-9(5-3-7)6-10-8(11)12-9;/h7H,2-6H2,1H3,(H,10,11);1H. The van der Waals surface area contributed by atoms with E-state index in [1.807, 2.05) is 0 Å². The summed E-state index contributed by atoms with van der Waals surface area (Å²) in [6.07, 6.45) is 4.22. The van der Waals surface area contributed by atoms with E-state index in [2.05, 4.69) is 12.2 Å². The highest BCUT2D eigenvalue weighted by atomic mass is 16.6. The molecule has 1 saturated carbocycles. The van der Waals surface area contributed by atoms with Crippen molar-refractivity contribution < 1.29 is 11.0 Å². The number of amides is 1. The Bertz CT molecular complexity index is 200. The third-order valence-electron chi connectivity index (χ3n) is 3.05. The zero-order valence-corrected chi connectivity index (χ0v) is 7.43. The average Bonchev–Trinajstić information content (AvgIpc) is 2.40. The molecule has 3 heteroatoms. The Kier molecular flexibility index (Phi) is 1.74. The minimum Gasteiger partial charge on any atom is -0.441 e. The van der Waals surface area contributed by atoms with Crippen LogP contribution in [0.25, 0.3) is 0 Å². The molecule has 1 spiro atoms. The molecule has 12 heavy (non-hydrogen) atoms. The summed E-state index contributed by atoms with van der Waals surface area (Å²) in [6.45, 7) is 2.98. The van der Waals surface area contributed by atoms with E-state index in [4.69, 9.17) is 4.74 Å². The first kappa shape index (κ1) is 7.90. The molecular formula is C9H17NO2. The van der Waals surface area contributed by atoms with Crippen molar-refractivity contribution in [3.05, 3.63) is 0 Å². The van der Waals surface area contributed by atoms with Gasteiger partial charge in [0.15, 0.2) is 0 Å². The molecule has 0 aromatic carbocycles. The quantitative estimate of drug-likeness (QED) is 0.604. The monoisotopic (exact) mass is 171 g/mol. The summed E-state index contributed by atoms with van der Waals surface area (Å²) in [4.78, 5) is 10.9. The minimum absolute atomic E-state index is 0. The summed E-state index contributed by atoms with van der Waals surface area (Å²) in [6, 6.07) is 0. The van der Waals surface area contributed by atoms with Crippen molar-refractivity contribution in [2.45, 2.75) is 38.2 Å². The van der Waals surface area contributed by atoms with Crippen molar-refractivity contribution in [1.82, 2.24) is 5.32 Å². The summed E-state index contributed by atoms with van der Waals surface area (Å²) >= 11 is 0. The molecule has 1 heterocycles. The molecule has 1 amide bonds. The van der Waals surface area contributed by atoms with Crippen LogP contribution in [0.3, 0.4) is 0 Å². The maximum absolute atomic E-state index is 10.9. The number of hydrogen-bond acceptors (Lipinski definition) is 2. The molecule has 0 aromatic rings. The van der Waals surface area contributed by atoms with E-state index in [1.165, 1.54) is 12.8 Å². The highest BCUT2D eigenvalue weighted by molar-refractivity contribution is 5.70. The molecule has 2 fully saturated rings. The third kappa shape index (κ3) is 1.28. The highest BCUT2D eigenvalue weighted by Gasteiger charge is 2.42. The maximum Gasteiger partial charge on any atom is 0.407 e. The van der Waals surface area contributed by atoms with Gasteiger partial charge in [0.05, 0.1) is 6.54 Å². The van der Waals surface area contributed by atoms with Crippen molar-refractivity contribution in [2.24, 2.45) is 5.92 Å². The molecule has 1 N–H and O–H groups in total. The van der Waals surface area contributed by atoms with Gasteiger partial charge in [-0.05, 0) is 31.6 Å². The van der Waals surface area contributed by atoms with E-state index in [0.29, 0.717) is 0 Å². The number of carbonyl (C=O) groups is 1. The van der Waals surface area contributed by atoms with Gasteiger partial charge in [-0.2, -0.15) is 0 Å². The second kappa shape index (κ2) is 2.64. The van der Waals surface area contributed by atoms with Crippen LogP contribution in [0.1, 0.15) is 34.0 Å². The van der Waals surface area contributed by atoms with E-state index in [-0.39, 0.29) is 13.1 Å². The van der Waals surface area contributed by atoms with Crippen LogP contribution in [-0.4, -0.2) is 18.2 Å². The third-order valence-corrected chi connectivity index (χ3v) is 3.05. The van der Waals surface area contributed by atoms with Crippen LogP contribution in [-0.2, 0) is 4.74 Å². The van der Waals surface area contributed by atoms with Crippen LogP contribution in [0.2, 0.25) is 0 Å². The number of ether oxygens (including phenoxy) is 1. The van der Waals surface area contributed by atoms with Crippen molar-refractivity contribution in [3.8, 4) is 0 Å². The number of hydrogen-bond donors (Lipinski definition) is 1. The average molecular weight is 171 g/mol. The minimum atomic E-state index is -0.232. The van der Waals surface area contributed by atoms with E-state index in [1.54, 1.807) is 0 Å². The molecule has 70 valence electrons. The zero-order valence-electron chi connectivity index (χ0n) is 7.43. The fourth-order valence-electron chi connectivity index (χ4n) is 2.07. The molecule has 0 atom stereocenters. The largest absolute Gasteiger partial charge is 0.441 e. The molecule has 2 aliphatic rings. The normalized spacial score (nSPS) is 41.1. The van der Waals surface area contributed by atoms with Crippen LogP contribution >= 0.6 is 0 Å². The molecule has 0 radical (unpaired) electrons. The first-order chi connectivity index (χ1) is 5.70. The summed E-state index contributed by atoms with van der Waals surface area (Å²) in [5, 5.41) is 2.73. The predicted octanol–water partition coefficient (Wildman–Crippen LogP) is 1.92. The Labute approximate surface area is 74.0 Å².